The molecule has 2 saturated carbocycles. The zero-order valence-electron chi connectivity index (χ0n) is 25.5. The van der Waals surface area contributed by atoms with Gasteiger partial charge in [-0.25, -0.2) is 14.5 Å². The largest absolute Gasteiger partial charge is 0.481 e. The maximum Gasteiger partial charge on any atom is 0.416 e. The molecule has 13 nitrogen and oxygen atoms in total. The van der Waals surface area contributed by atoms with Gasteiger partial charge in [0.25, 0.3) is 0 Å². The standard InChI is InChI=1S/C15H23NO5.C10H16O4.C5H9NO2/c1-2-12-10-19-14(18)16(12)13(17)9-11-3-5-15(6-4-11)20-7-8-21-15;11-9(12)7-8-1-3-10(4-2-8)13-5-6-14-10;1-2-4-3-8-5(7)6-4/h11-12H,2-10H2,1H3;8H,1-7H2,(H,11,12);4H,2-3H2,1H3,(H,6,7)/t12-;;4-/m0.0/s1. The summed E-state index contributed by atoms with van der Waals surface area (Å²) in [5, 5.41) is 11.3. The van der Waals surface area contributed by atoms with Crippen molar-refractivity contribution >= 4 is 24.1 Å². The molecule has 2 aliphatic carbocycles. The fraction of sp³-hybridized carbons (Fsp3) is 0.867. The lowest BCUT2D eigenvalue weighted by Crippen LogP contribution is -2.41. The van der Waals surface area contributed by atoms with E-state index in [4.69, 9.17) is 28.8 Å². The first-order valence-corrected chi connectivity index (χ1v) is 15.9. The third-order valence-corrected chi connectivity index (χ3v) is 9.22. The number of nitrogens with one attached hydrogen (secondary N) is 1. The van der Waals surface area contributed by atoms with Gasteiger partial charge in [-0.1, -0.05) is 13.8 Å². The lowest BCUT2D eigenvalue weighted by atomic mass is 9.83. The Morgan fingerprint density at radius 1 is 0.791 bits per heavy atom. The van der Waals surface area contributed by atoms with E-state index in [1.165, 1.54) is 4.90 Å². The number of hydrogen-bond donors (Lipinski definition) is 2. The number of carbonyl (C=O) groups is 4. The van der Waals surface area contributed by atoms with Crippen LogP contribution in [0.4, 0.5) is 9.59 Å². The summed E-state index contributed by atoms with van der Waals surface area (Å²) in [6.07, 6.45) is 8.65. The van der Waals surface area contributed by atoms with E-state index in [0.29, 0.717) is 57.9 Å². The average Bonchev–Trinajstić information content (AvgIpc) is 3.81. The van der Waals surface area contributed by atoms with Gasteiger partial charge in [-0.05, 0) is 50.4 Å². The van der Waals surface area contributed by atoms with E-state index in [0.717, 1.165) is 64.2 Å². The molecule has 3 amide bonds. The number of carbonyl (C=O) groups excluding carboxylic acids is 3. The van der Waals surface area contributed by atoms with Gasteiger partial charge in [-0.2, -0.15) is 0 Å². The minimum atomic E-state index is -0.695. The molecule has 43 heavy (non-hydrogen) atoms. The van der Waals surface area contributed by atoms with Crippen molar-refractivity contribution in [2.75, 3.05) is 39.6 Å². The molecule has 0 aromatic heterocycles. The molecule has 4 aliphatic heterocycles. The number of hydrogen-bond acceptors (Lipinski definition) is 10. The summed E-state index contributed by atoms with van der Waals surface area (Å²) in [7, 11) is 0. The van der Waals surface area contributed by atoms with Crippen molar-refractivity contribution in [3.05, 3.63) is 0 Å². The summed E-state index contributed by atoms with van der Waals surface area (Å²) < 4.78 is 32.1. The maximum atomic E-state index is 12.4. The first-order valence-electron chi connectivity index (χ1n) is 15.9. The number of alkyl carbamates (subject to hydrolysis) is 1. The highest BCUT2D eigenvalue weighted by atomic mass is 16.7. The second-order valence-electron chi connectivity index (χ2n) is 12.2. The van der Waals surface area contributed by atoms with Gasteiger partial charge < -0.3 is 38.8 Å². The van der Waals surface area contributed by atoms with Gasteiger partial charge >= 0.3 is 18.2 Å². The Balaban J connectivity index is 0.000000165. The average molecular weight is 613 g/mol. The van der Waals surface area contributed by atoms with Crippen LogP contribution in [0.5, 0.6) is 0 Å². The van der Waals surface area contributed by atoms with Crippen LogP contribution in [0.3, 0.4) is 0 Å². The van der Waals surface area contributed by atoms with E-state index in [1.54, 1.807) is 0 Å². The molecule has 244 valence electrons. The molecule has 0 aromatic rings. The molecule has 0 radical (unpaired) electrons. The molecule has 6 aliphatic rings. The predicted octanol–water partition coefficient (Wildman–Crippen LogP) is 3.97. The van der Waals surface area contributed by atoms with E-state index < -0.39 is 17.8 Å². The zero-order chi connectivity index (χ0) is 30.9. The number of rotatable bonds is 6. The van der Waals surface area contributed by atoms with Gasteiger partial charge in [0.1, 0.15) is 13.2 Å². The predicted molar refractivity (Wildman–Crippen MR) is 151 cm³/mol. The van der Waals surface area contributed by atoms with Crippen LogP contribution in [0.2, 0.25) is 0 Å². The first-order chi connectivity index (χ1) is 20.7. The molecule has 2 atom stereocenters. The molecular formula is C30H48N2O11. The van der Waals surface area contributed by atoms with Crippen LogP contribution in [0.25, 0.3) is 0 Å². The quantitative estimate of drug-likeness (QED) is 0.447. The second kappa shape index (κ2) is 15.5. The molecule has 4 heterocycles. The Bertz CT molecular complexity index is 944. The third kappa shape index (κ3) is 9.26. The van der Waals surface area contributed by atoms with Crippen LogP contribution >= 0.6 is 0 Å². The van der Waals surface area contributed by atoms with Crippen molar-refractivity contribution in [1.82, 2.24) is 10.2 Å². The molecule has 0 unspecified atom stereocenters. The van der Waals surface area contributed by atoms with Crippen molar-refractivity contribution in [1.29, 1.82) is 0 Å². The smallest absolute Gasteiger partial charge is 0.416 e. The van der Waals surface area contributed by atoms with Crippen LogP contribution in [-0.4, -0.2) is 97.4 Å². The van der Waals surface area contributed by atoms with E-state index in [9.17, 15) is 19.2 Å². The monoisotopic (exact) mass is 612 g/mol. The molecule has 2 N–H and O–H groups in total. The minimum Gasteiger partial charge on any atom is -0.481 e. The Hall–Kier alpha value is -2.48. The van der Waals surface area contributed by atoms with Crippen molar-refractivity contribution in [2.45, 2.75) is 115 Å². The molecule has 6 fully saturated rings. The Morgan fingerprint density at radius 2 is 1.30 bits per heavy atom. The second-order valence-corrected chi connectivity index (χ2v) is 12.2. The zero-order valence-corrected chi connectivity index (χ0v) is 25.5. The number of carboxylic acids is 1. The van der Waals surface area contributed by atoms with Gasteiger partial charge in [-0.3, -0.25) is 9.59 Å². The number of ether oxygens (including phenoxy) is 6. The highest BCUT2D eigenvalue weighted by Crippen LogP contribution is 2.40. The van der Waals surface area contributed by atoms with Gasteiger partial charge in [0, 0.05) is 38.5 Å². The third-order valence-electron chi connectivity index (χ3n) is 9.22. The highest BCUT2D eigenvalue weighted by Gasteiger charge is 2.43. The van der Waals surface area contributed by atoms with Gasteiger partial charge in [0.05, 0.1) is 38.5 Å². The molecule has 2 spiro atoms. The van der Waals surface area contributed by atoms with E-state index >= 15 is 0 Å². The van der Waals surface area contributed by atoms with Gasteiger partial charge in [0.2, 0.25) is 5.91 Å². The number of amides is 3. The number of aliphatic carboxylic acids is 1. The Morgan fingerprint density at radius 3 is 1.70 bits per heavy atom. The summed E-state index contributed by atoms with van der Waals surface area (Å²) in [5.74, 6) is -0.918. The normalized spacial score (nSPS) is 29.3. The first kappa shape index (κ1) is 33.4. The summed E-state index contributed by atoms with van der Waals surface area (Å²) in [6, 6.07) is 0.156. The number of nitrogens with zero attached hydrogens (tertiary/aromatic N) is 1. The number of imide groups is 1. The van der Waals surface area contributed by atoms with Crippen LogP contribution in [0, 0.1) is 11.8 Å². The van der Waals surface area contributed by atoms with Crippen LogP contribution in [0.1, 0.15) is 90.9 Å². The topological polar surface area (TPSA) is 159 Å². The fourth-order valence-electron chi connectivity index (χ4n) is 6.52. The van der Waals surface area contributed by atoms with Crippen molar-refractivity contribution in [2.24, 2.45) is 11.8 Å². The lowest BCUT2D eigenvalue weighted by molar-refractivity contribution is -0.183. The van der Waals surface area contributed by atoms with Crippen molar-refractivity contribution in [3.8, 4) is 0 Å². The lowest BCUT2D eigenvalue weighted by Gasteiger charge is -2.35. The maximum absolute atomic E-state index is 12.4. The Kier molecular flexibility index (Phi) is 12.0. The highest BCUT2D eigenvalue weighted by molar-refractivity contribution is 5.93. The molecule has 0 bridgehead atoms. The van der Waals surface area contributed by atoms with Gasteiger partial charge in [-0.15, -0.1) is 0 Å². The van der Waals surface area contributed by atoms with Crippen LogP contribution < -0.4 is 5.32 Å². The minimum absolute atomic E-state index is 0.0959. The number of carboxylic acid groups (broad SMARTS) is 1. The summed E-state index contributed by atoms with van der Waals surface area (Å²) in [6.45, 7) is 7.55. The summed E-state index contributed by atoms with van der Waals surface area (Å²) in [5.41, 5.74) is 0. The van der Waals surface area contributed by atoms with Crippen LogP contribution in [-0.2, 0) is 38.0 Å². The Labute approximate surface area is 253 Å². The summed E-state index contributed by atoms with van der Waals surface area (Å²) in [4.78, 5) is 46.2. The van der Waals surface area contributed by atoms with E-state index in [1.807, 2.05) is 13.8 Å². The fourth-order valence-corrected chi connectivity index (χ4v) is 6.52. The SMILES string of the molecule is CC[C@H]1COC(=O)N1.CC[C@H]1COC(=O)N1C(=O)CC1CCC2(CC1)OCCO2.O=C(O)CC1CCC2(CC1)OCCO2. The molecule has 6 rings (SSSR count). The number of cyclic esters (lactones) is 2. The molecule has 0 aromatic carbocycles. The van der Waals surface area contributed by atoms with Crippen LogP contribution in [0.15, 0.2) is 0 Å². The van der Waals surface area contributed by atoms with E-state index in [2.05, 4.69) is 10.1 Å². The molecule has 4 saturated heterocycles. The van der Waals surface area contributed by atoms with Gasteiger partial charge in [0.15, 0.2) is 11.6 Å². The van der Waals surface area contributed by atoms with Crippen molar-refractivity contribution < 1.29 is 52.7 Å². The molecule has 13 heteroatoms. The summed E-state index contributed by atoms with van der Waals surface area (Å²) >= 11 is 0. The van der Waals surface area contributed by atoms with E-state index in [-0.39, 0.29) is 36.3 Å². The molecular weight excluding hydrogens is 564 g/mol. The van der Waals surface area contributed by atoms with Crippen molar-refractivity contribution in [3.63, 3.8) is 0 Å².